The van der Waals surface area contributed by atoms with Crippen molar-refractivity contribution in [3.63, 3.8) is 0 Å². The number of para-hydroxylation sites is 1. The molecule has 4 nitrogen and oxygen atoms in total. The first kappa shape index (κ1) is 16.6. The molecule has 0 spiro atoms. The highest BCUT2D eigenvalue weighted by molar-refractivity contribution is 5.70. The zero-order chi connectivity index (χ0) is 18.1. The van der Waals surface area contributed by atoms with E-state index in [1.807, 2.05) is 13.0 Å². The maximum Gasteiger partial charge on any atom is 0.139 e. The van der Waals surface area contributed by atoms with Crippen LogP contribution in [0.15, 0.2) is 60.7 Å². The SMILES string of the molecule is Cc1nc(NC(C)c2ccccc2)cc(N2c3ccccc3CC2C)n1. The zero-order valence-corrected chi connectivity index (χ0v) is 15.5. The van der Waals surface area contributed by atoms with E-state index in [1.54, 1.807) is 0 Å². The Balaban J connectivity index is 1.65. The van der Waals surface area contributed by atoms with Crippen molar-refractivity contribution < 1.29 is 0 Å². The second-order valence-corrected chi connectivity index (χ2v) is 6.99. The number of fused-ring (bicyclic) bond motifs is 1. The number of hydrogen-bond acceptors (Lipinski definition) is 4. The number of aromatic nitrogens is 2. The number of rotatable bonds is 4. The van der Waals surface area contributed by atoms with Gasteiger partial charge in [-0.15, -0.1) is 0 Å². The summed E-state index contributed by atoms with van der Waals surface area (Å²) in [5, 5.41) is 3.52. The van der Waals surface area contributed by atoms with Gasteiger partial charge in [0.25, 0.3) is 0 Å². The average molecular weight is 344 g/mol. The van der Waals surface area contributed by atoms with Gasteiger partial charge in [-0.1, -0.05) is 48.5 Å². The third-order valence-electron chi connectivity index (χ3n) is 4.94. The van der Waals surface area contributed by atoms with Crippen LogP contribution in [0, 0.1) is 6.92 Å². The second kappa shape index (κ2) is 6.79. The highest BCUT2D eigenvalue weighted by Gasteiger charge is 2.28. The van der Waals surface area contributed by atoms with Crippen LogP contribution in [-0.4, -0.2) is 16.0 Å². The Morgan fingerprint density at radius 1 is 1.04 bits per heavy atom. The van der Waals surface area contributed by atoms with Crippen molar-refractivity contribution in [3.8, 4) is 0 Å². The molecule has 2 atom stereocenters. The molecule has 1 aliphatic heterocycles. The van der Waals surface area contributed by atoms with Gasteiger partial charge >= 0.3 is 0 Å². The van der Waals surface area contributed by atoms with E-state index in [9.17, 15) is 0 Å². The Bertz CT molecular complexity index is 907. The van der Waals surface area contributed by atoms with Crippen molar-refractivity contribution in [2.45, 2.75) is 39.3 Å². The van der Waals surface area contributed by atoms with Crippen LogP contribution in [0.2, 0.25) is 0 Å². The first-order valence-electron chi connectivity index (χ1n) is 9.16. The Morgan fingerprint density at radius 3 is 2.58 bits per heavy atom. The van der Waals surface area contributed by atoms with E-state index < -0.39 is 0 Å². The van der Waals surface area contributed by atoms with Gasteiger partial charge in [0.05, 0.1) is 0 Å². The zero-order valence-electron chi connectivity index (χ0n) is 15.5. The summed E-state index contributed by atoms with van der Waals surface area (Å²) in [6, 6.07) is 21.6. The van der Waals surface area contributed by atoms with Gasteiger partial charge in [0.2, 0.25) is 0 Å². The van der Waals surface area contributed by atoms with Crippen molar-refractivity contribution in [3.05, 3.63) is 77.6 Å². The number of anilines is 3. The van der Waals surface area contributed by atoms with E-state index >= 15 is 0 Å². The van der Waals surface area contributed by atoms with Gasteiger partial charge in [-0.2, -0.15) is 0 Å². The lowest BCUT2D eigenvalue weighted by molar-refractivity contribution is 0.746. The molecule has 132 valence electrons. The predicted octanol–water partition coefficient (Wildman–Crippen LogP) is 5.04. The summed E-state index contributed by atoms with van der Waals surface area (Å²) in [4.78, 5) is 11.6. The molecule has 3 aromatic rings. The summed E-state index contributed by atoms with van der Waals surface area (Å²) in [5.74, 6) is 2.60. The molecule has 4 rings (SSSR count). The van der Waals surface area contributed by atoms with E-state index in [0.717, 1.165) is 23.9 Å². The summed E-state index contributed by atoms with van der Waals surface area (Å²) in [6.07, 6.45) is 1.04. The van der Waals surface area contributed by atoms with Gasteiger partial charge in [0.15, 0.2) is 0 Å². The maximum absolute atomic E-state index is 4.72. The molecule has 0 saturated heterocycles. The van der Waals surface area contributed by atoms with Crippen molar-refractivity contribution in [2.24, 2.45) is 0 Å². The molecule has 2 aromatic carbocycles. The van der Waals surface area contributed by atoms with Crippen LogP contribution in [0.25, 0.3) is 0 Å². The standard InChI is InChI=1S/C22H24N4/c1-15-13-19-11-7-8-12-20(19)26(15)22-14-21(24-17(3)25-22)23-16(2)18-9-5-4-6-10-18/h4-12,14-16H,13H2,1-3H3,(H,23,24,25). The highest BCUT2D eigenvalue weighted by Crippen LogP contribution is 2.37. The second-order valence-electron chi connectivity index (χ2n) is 6.99. The fourth-order valence-electron chi connectivity index (χ4n) is 3.71. The minimum absolute atomic E-state index is 0.182. The topological polar surface area (TPSA) is 41.1 Å². The third kappa shape index (κ3) is 3.15. The van der Waals surface area contributed by atoms with Gasteiger partial charge in [0, 0.05) is 23.8 Å². The summed E-state index contributed by atoms with van der Waals surface area (Å²) >= 11 is 0. The molecule has 0 aliphatic carbocycles. The minimum atomic E-state index is 0.182. The van der Waals surface area contributed by atoms with E-state index in [1.165, 1.54) is 16.8 Å². The average Bonchev–Trinajstić information content (AvgIpc) is 2.97. The van der Waals surface area contributed by atoms with Crippen molar-refractivity contribution in [1.29, 1.82) is 0 Å². The molecule has 1 aromatic heterocycles. The lowest BCUT2D eigenvalue weighted by atomic mass is 10.1. The van der Waals surface area contributed by atoms with E-state index in [0.29, 0.717) is 6.04 Å². The van der Waals surface area contributed by atoms with Crippen LogP contribution in [0.1, 0.15) is 36.8 Å². The van der Waals surface area contributed by atoms with Crippen LogP contribution in [0.4, 0.5) is 17.3 Å². The number of aryl methyl sites for hydroxylation is 1. The molecular weight excluding hydrogens is 320 g/mol. The molecule has 0 amide bonds. The van der Waals surface area contributed by atoms with Crippen molar-refractivity contribution in [2.75, 3.05) is 10.2 Å². The molecule has 4 heteroatoms. The predicted molar refractivity (Wildman–Crippen MR) is 107 cm³/mol. The number of nitrogens with zero attached hydrogens (tertiary/aromatic N) is 3. The molecule has 0 fully saturated rings. The number of hydrogen-bond donors (Lipinski definition) is 1. The monoisotopic (exact) mass is 344 g/mol. The summed E-state index contributed by atoms with van der Waals surface area (Å²) in [6.45, 7) is 6.35. The Labute approximate surface area is 154 Å². The smallest absolute Gasteiger partial charge is 0.139 e. The first-order chi connectivity index (χ1) is 12.6. The van der Waals surface area contributed by atoms with Gasteiger partial charge in [-0.25, -0.2) is 9.97 Å². The van der Waals surface area contributed by atoms with Crippen LogP contribution in [-0.2, 0) is 6.42 Å². The highest BCUT2D eigenvalue weighted by atomic mass is 15.2. The third-order valence-corrected chi connectivity index (χ3v) is 4.94. The molecule has 26 heavy (non-hydrogen) atoms. The van der Waals surface area contributed by atoms with E-state index in [4.69, 9.17) is 4.98 Å². The van der Waals surface area contributed by atoms with Crippen LogP contribution < -0.4 is 10.2 Å². The summed E-state index contributed by atoms with van der Waals surface area (Å²) in [5.41, 5.74) is 3.87. The maximum atomic E-state index is 4.72. The molecular formula is C22H24N4. The molecule has 2 unspecified atom stereocenters. The fourth-order valence-corrected chi connectivity index (χ4v) is 3.71. The molecule has 0 saturated carbocycles. The van der Waals surface area contributed by atoms with Gasteiger partial charge < -0.3 is 10.2 Å². The largest absolute Gasteiger partial charge is 0.363 e. The quantitative estimate of drug-likeness (QED) is 0.720. The Kier molecular flexibility index (Phi) is 4.33. The van der Waals surface area contributed by atoms with Crippen LogP contribution >= 0.6 is 0 Å². The normalized spacial score (nSPS) is 17.0. The van der Waals surface area contributed by atoms with Crippen molar-refractivity contribution in [1.82, 2.24) is 9.97 Å². The van der Waals surface area contributed by atoms with Gasteiger partial charge in [-0.3, -0.25) is 0 Å². The molecule has 0 radical (unpaired) electrons. The molecule has 1 aliphatic rings. The molecule has 2 heterocycles. The van der Waals surface area contributed by atoms with Gasteiger partial charge in [-0.05, 0) is 44.4 Å². The fraction of sp³-hybridized carbons (Fsp3) is 0.273. The van der Waals surface area contributed by atoms with Crippen LogP contribution in [0.3, 0.4) is 0 Å². The van der Waals surface area contributed by atoms with E-state index in [-0.39, 0.29) is 6.04 Å². The Morgan fingerprint density at radius 2 is 1.77 bits per heavy atom. The lowest BCUT2D eigenvalue weighted by Crippen LogP contribution is -2.25. The Hall–Kier alpha value is -2.88. The minimum Gasteiger partial charge on any atom is -0.363 e. The van der Waals surface area contributed by atoms with Crippen molar-refractivity contribution >= 4 is 17.3 Å². The molecule has 1 N–H and O–H groups in total. The number of benzene rings is 2. The van der Waals surface area contributed by atoms with Crippen LogP contribution in [0.5, 0.6) is 0 Å². The van der Waals surface area contributed by atoms with Gasteiger partial charge in [0.1, 0.15) is 17.5 Å². The lowest BCUT2D eigenvalue weighted by Gasteiger charge is -2.25. The molecule has 0 bridgehead atoms. The van der Waals surface area contributed by atoms with E-state index in [2.05, 4.69) is 83.6 Å². The number of nitrogens with one attached hydrogen (secondary N) is 1. The summed E-state index contributed by atoms with van der Waals surface area (Å²) in [7, 11) is 0. The first-order valence-corrected chi connectivity index (χ1v) is 9.16. The summed E-state index contributed by atoms with van der Waals surface area (Å²) < 4.78 is 0.